The zero-order valence-electron chi connectivity index (χ0n) is 13.3. The van der Waals surface area contributed by atoms with E-state index in [2.05, 4.69) is 21.7 Å². The lowest BCUT2D eigenvalue weighted by Gasteiger charge is -2.09. The second kappa shape index (κ2) is 7.87. The molecule has 26 heavy (non-hydrogen) atoms. The SMILES string of the molecule is N#Cc1ccc(Nc2ccc(C(=O)Nc3cc(Cl)ccc3Cl)nc2)cc1. The number of amides is 1. The minimum absolute atomic E-state index is 0.242. The number of carbonyl (C=O) groups is 1. The zero-order valence-corrected chi connectivity index (χ0v) is 14.8. The molecule has 3 aromatic rings. The number of halogens is 2. The van der Waals surface area contributed by atoms with Gasteiger partial charge in [-0.25, -0.2) is 4.98 Å². The van der Waals surface area contributed by atoms with Crippen LogP contribution in [0, 0.1) is 11.3 Å². The van der Waals surface area contributed by atoms with E-state index in [9.17, 15) is 4.79 Å². The van der Waals surface area contributed by atoms with Gasteiger partial charge >= 0.3 is 0 Å². The second-order valence-electron chi connectivity index (χ2n) is 5.32. The number of benzene rings is 2. The first-order valence-electron chi connectivity index (χ1n) is 7.55. The molecule has 0 radical (unpaired) electrons. The number of anilines is 3. The number of nitrogens with zero attached hydrogens (tertiary/aromatic N) is 2. The van der Waals surface area contributed by atoms with Gasteiger partial charge in [-0.15, -0.1) is 0 Å². The van der Waals surface area contributed by atoms with Crippen molar-refractivity contribution < 1.29 is 4.79 Å². The number of aromatic nitrogens is 1. The van der Waals surface area contributed by atoms with E-state index in [1.165, 1.54) is 0 Å². The normalized spacial score (nSPS) is 10.0. The first-order chi connectivity index (χ1) is 12.5. The Hall–Kier alpha value is -3.07. The molecule has 2 aromatic carbocycles. The van der Waals surface area contributed by atoms with Crippen LogP contribution in [0.5, 0.6) is 0 Å². The van der Waals surface area contributed by atoms with Crippen LogP contribution in [0.2, 0.25) is 10.0 Å². The van der Waals surface area contributed by atoms with Gasteiger partial charge in [0.2, 0.25) is 0 Å². The first-order valence-corrected chi connectivity index (χ1v) is 8.30. The highest BCUT2D eigenvalue weighted by molar-refractivity contribution is 6.35. The second-order valence-corrected chi connectivity index (χ2v) is 6.17. The highest BCUT2D eigenvalue weighted by Gasteiger charge is 2.10. The Bertz CT molecular complexity index is 980. The number of nitriles is 1. The van der Waals surface area contributed by atoms with Crippen molar-refractivity contribution in [2.24, 2.45) is 0 Å². The Morgan fingerprint density at radius 3 is 2.38 bits per heavy atom. The van der Waals surface area contributed by atoms with Crippen molar-refractivity contribution in [1.82, 2.24) is 4.98 Å². The molecule has 128 valence electrons. The van der Waals surface area contributed by atoms with E-state index in [1.54, 1.807) is 60.8 Å². The third-order valence-electron chi connectivity index (χ3n) is 3.48. The Kier molecular flexibility index (Phi) is 5.37. The van der Waals surface area contributed by atoms with E-state index in [0.717, 1.165) is 5.69 Å². The van der Waals surface area contributed by atoms with Crippen molar-refractivity contribution in [3.8, 4) is 6.07 Å². The fourth-order valence-corrected chi connectivity index (χ4v) is 2.51. The van der Waals surface area contributed by atoms with Crippen molar-refractivity contribution in [3.05, 3.63) is 82.1 Å². The molecule has 0 fully saturated rings. The molecule has 1 aromatic heterocycles. The molecule has 0 saturated heterocycles. The zero-order chi connectivity index (χ0) is 18.5. The summed E-state index contributed by atoms with van der Waals surface area (Å²) in [6, 6.07) is 17.2. The maximum atomic E-state index is 12.3. The Balaban J connectivity index is 1.69. The minimum Gasteiger partial charge on any atom is -0.354 e. The third-order valence-corrected chi connectivity index (χ3v) is 4.04. The summed E-state index contributed by atoms with van der Waals surface area (Å²) in [7, 11) is 0. The molecule has 0 aliphatic heterocycles. The fraction of sp³-hybridized carbons (Fsp3) is 0. The average Bonchev–Trinajstić information content (AvgIpc) is 2.66. The summed E-state index contributed by atoms with van der Waals surface area (Å²) < 4.78 is 0. The van der Waals surface area contributed by atoms with Crippen molar-refractivity contribution in [3.63, 3.8) is 0 Å². The molecular formula is C19H12Cl2N4O. The molecule has 0 spiro atoms. The molecule has 0 atom stereocenters. The minimum atomic E-state index is -0.390. The summed E-state index contributed by atoms with van der Waals surface area (Å²) in [6.45, 7) is 0. The summed E-state index contributed by atoms with van der Waals surface area (Å²) >= 11 is 12.0. The van der Waals surface area contributed by atoms with Gasteiger partial charge in [-0.1, -0.05) is 23.2 Å². The van der Waals surface area contributed by atoms with Gasteiger partial charge in [0.1, 0.15) is 5.69 Å². The van der Waals surface area contributed by atoms with Gasteiger partial charge in [0.25, 0.3) is 5.91 Å². The lowest BCUT2D eigenvalue weighted by Crippen LogP contribution is -2.14. The van der Waals surface area contributed by atoms with Gasteiger partial charge in [-0.3, -0.25) is 4.79 Å². The Labute approximate surface area is 160 Å². The van der Waals surface area contributed by atoms with Crippen LogP contribution in [0.1, 0.15) is 16.1 Å². The van der Waals surface area contributed by atoms with E-state index in [0.29, 0.717) is 27.0 Å². The monoisotopic (exact) mass is 382 g/mol. The van der Waals surface area contributed by atoms with E-state index in [4.69, 9.17) is 28.5 Å². The number of carbonyl (C=O) groups excluding carboxylic acids is 1. The number of hydrogen-bond acceptors (Lipinski definition) is 4. The topological polar surface area (TPSA) is 77.8 Å². The highest BCUT2D eigenvalue weighted by Crippen LogP contribution is 2.26. The summed E-state index contributed by atoms with van der Waals surface area (Å²) in [6.07, 6.45) is 1.55. The molecule has 0 aliphatic rings. The summed E-state index contributed by atoms with van der Waals surface area (Å²) in [5.74, 6) is -0.390. The van der Waals surface area contributed by atoms with Crippen LogP contribution in [0.4, 0.5) is 17.1 Å². The summed E-state index contributed by atoms with van der Waals surface area (Å²) in [5.41, 5.74) is 2.78. The highest BCUT2D eigenvalue weighted by atomic mass is 35.5. The van der Waals surface area contributed by atoms with E-state index in [-0.39, 0.29) is 11.6 Å². The lowest BCUT2D eigenvalue weighted by molar-refractivity contribution is 0.102. The van der Waals surface area contributed by atoms with Crippen LogP contribution < -0.4 is 10.6 Å². The summed E-state index contributed by atoms with van der Waals surface area (Å²) in [5, 5.41) is 15.5. The van der Waals surface area contributed by atoms with Crippen molar-refractivity contribution in [1.29, 1.82) is 5.26 Å². The third kappa shape index (κ3) is 4.31. The number of nitrogens with one attached hydrogen (secondary N) is 2. The van der Waals surface area contributed by atoms with E-state index >= 15 is 0 Å². The number of hydrogen-bond donors (Lipinski definition) is 2. The molecule has 0 saturated carbocycles. The van der Waals surface area contributed by atoms with Crippen molar-refractivity contribution in [2.75, 3.05) is 10.6 Å². The number of pyridine rings is 1. The first kappa shape index (κ1) is 17.7. The Morgan fingerprint density at radius 2 is 1.73 bits per heavy atom. The smallest absolute Gasteiger partial charge is 0.274 e. The molecule has 2 N–H and O–H groups in total. The molecule has 7 heteroatoms. The van der Waals surface area contributed by atoms with E-state index < -0.39 is 0 Å². The van der Waals surface area contributed by atoms with Crippen LogP contribution >= 0.6 is 23.2 Å². The van der Waals surface area contributed by atoms with Gasteiger partial charge in [-0.2, -0.15) is 5.26 Å². The molecule has 5 nitrogen and oxygen atoms in total. The molecule has 1 heterocycles. The van der Waals surface area contributed by atoms with Gasteiger partial charge in [0, 0.05) is 10.7 Å². The fourth-order valence-electron chi connectivity index (χ4n) is 2.18. The van der Waals surface area contributed by atoms with Crippen molar-refractivity contribution in [2.45, 2.75) is 0 Å². The molecule has 0 unspecified atom stereocenters. The maximum Gasteiger partial charge on any atom is 0.274 e. The van der Waals surface area contributed by atoms with Gasteiger partial charge in [-0.05, 0) is 54.6 Å². The largest absolute Gasteiger partial charge is 0.354 e. The predicted molar refractivity (Wildman–Crippen MR) is 103 cm³/mol. The van der Waals surface area contributed by atoms with Gasteiger partial charge < -0.3 is 10.6 Å². The van der Waals surface area contributed by atoms with Crippen molar-refractivity contribution >= 4 is 46.2 Å². The summed E-state index contributed by atoms with van der Waals surface area (Å²) in [4.78, 5) is 16.4. The average molecular weight is 383 g/mol. The molecule has 3 rings (SSSR count). The van der Waals surface area contributed by atoms with Crippen LogP contribution in [0.25, 0.3) is 0 Å². The Morgan fingerprint density at radius 1 is 1.00 bits per heavy atom. The predicted octanol–water partition coefficient (Wildman–Crippen LogP) is 5.26. The molecule has 0 aliphatic carbocycles. The molecule has 1 amide bonds. The molecule has 0 bridgehead atoms. The number of rotatable bonds is 4. The maximum absolute atomic E-state index is 12.3. The standard InChI is InChI=1S/C19H12Cl2N4O/c20-13-3-7-16(21)18(9-13)25-19(26)17-8-6-15(11-23-17)24-14-4-1-12(10-22)2-5-14/h1-9,11,24H,(H,25,26). The lowest BCUT2D eigenvalue weighted by atomic mass is 10.2. The van der Waals surface area contributed by atoms with Gasteiger partial charge in [0.15, 0.2) is 0 Å². The van der Waals surface area contributed by atoms with E-state index in [1.807, 2.05) is 0 Å². The van der Waals surface area contributed by atoms with Crippen LogP contribution in [0.3, 0.4) is 0 Å². The van der Waals surface area contributed by atoms with Gasteiger partial charge in [0.05, 0.1) is 34.2 Å². The van der Waals surface area contributed by atoms with Crippen LogP contribution in [-0.4, -0.2) is 10.9 Å². The quantitative estimate of drug-likeness (QED) is 0.645. The molecular weight excluding hydrogens is 371 g/mol. The van der Waals surface area contributed by atoms with Crippen LogP contribution in [0.15, 0.2) is 60.8 Å². The van der Waals surface area contributed by atoms with Crippen LogP contribution in [-0.2, 0) is 0 Å².